The first-order chi connectivity index (χ1) is 20.0. The number of ether oxygens (including phenoxy) is 3. The van der Waals surface area contributed by atoms with Gasteiger partial charge in [-0.1, -0.05) is 6.07 Å². The van der Waals surface area contributed by atoms with Crippen LogP contribution in [0.1, 0.15) is 76.6 Å². The Morgan fingerprint density at radius 2 is 1.90 bits per heavy atom. The normalized spacial score (nSPS) is 18.2. The van der Waals surface area contributed by atoms with Gasteiger partial charge in [-0.2, -0.15) is 5.10 Å². The van der Waals surface area contributed by atoms with Crippen molar-refractivity contribution >= 4 is 35.2 Å². The molecular weight excluding hydrogens is 550 g/mol. The minimum absolute atomic E-state index is 0.0565. The number of amides is 1. The fourth-order valence-electron chi connectivity index (χ4n) is 5.56. The lowest BCUT2D eigenvalue weighted by atomic mass is 10.0. The molecule has 42 heavy (non-hydrogen) atoms. The highest BCUT2D eigenvalue weighted by Gasteiger charge is 2.32. The van der Waals surface area contributed by atoms with E-state index in [9.17, 15) is 4.79 Å². The summed E-state index contributed by atoms with van der Waals surface area (Å²) in [6.07, 6.45) is 2.15. The van der Waals surface area contributed by atoms with Gasteiger partial charge in [0.15, 0.2) is 0 Å². The Bertz CT molecular complexity index is 1420. The molecule has 2 aliphatic rings. The van der Waals surface area contributed by atoms with Crippen LogP contribution in [0.3, 0.4) is 0 Å². The third-order valence-corrected chi connectivity index (χ3v) is 8.73. The number of benzene rings is 2. The number of carbonyl (C=O) groups is 1. The molecule has 226 valence electrons. The van der Waals surface area contributed by atoms with Gasteiger partial charge in [0.05, 0.1) is 37.7 Å². The van der Waals surface area contributed by atoms with Crippen molar-refractivity contribution < 1.29 is 19.0 Å². The molecule has 1 aliphatic heterocycles. The van der Waals surface area contributed by atoms with Crippen molar-refractivity contribution in [3.63, 3.8) is 0 Å². The van der Waals surface area contributed by atoms with Gasteiger partial charge in [-0.25, -0.2) is 9.48 Å². The molecule has 0 bridgehead atoms. The minimum Gasteiger partial charge on any atom is -0.497 e. The molecule has 1 aromatic heterocycles. The molecule has 1 aliphatic carbocycles. The average molecular weight is 594 g/mol. The molecule has 2 unspecified atom stereocenters. The first kappa shape index (κ1) is 29.9. The van der Waals surface area contributed by atoms with E-state index in [1.165, 1.54) is 11.3 Å². The maximum absolute atomic E-state index is 12.1. The molecule has 5 rings (SSSR count). The van der Waals surface area contributed by atoms with Crippen molar-refractivity contribution in [2.45, 2.75) is 89.8 Å². The molecule has 1 fully saturated rings. The monoisotopic (exact) mass is 593 g/mol. The van der Waals surface area contributed by atoms with Crippen LogP contribution >= 0.6 is 11.9 Å². The number of nitrogens with zero attached hydrogens (tertiary/aromatic N) is 3. The fraction of sp³-hybridized carbons (Fsp3) is 0.500. The van der Waals surface area contributed by atoms with Crippen LogP contribution in [0.4, 0.5) is 22.0 Å². The summed E-state index contributed by atoms with van der Waals surface area (Å²) >= 11 is 1.81. The molecule has 1 saturated carbocycles. The quantitative estimate of drug-likeness (QED) is 0.249. The van der Waals surface area contributed by atoms with Gasteiger partial charge in [0, 0.05) is 41.1 Å². The van der Waals surface area contributed by atoms with Crippen LogP contribution in [-0.2, 0) is 22.6 Å². The van der Waals surface area contributed by atoms with Gasteiger partial charge < -0.3 is 29.1 Å². The Kier molecular flexibility index (Phi) is 8.82. The van der Waals surface area contributed by atoms with E-state index < -0.39 is 0 Å². The van der Waals surface area contributed by atoms with E-state index in [0.717, 1.165) is 65.8 Å². The number of methoxy groups -OCH3 is 2. The van der Waals surface area contributed by atoms with Crippen LogP contribution in [0, 0.1) is 0 Å². The zero-order valence-electron chi connectivity index (χ0n) is 25.7. The second-order valence-corrected chi connectivity index (χ2v) is 13.3. The van der Waals surface area contributed by atoms with E-state index in [1.54, 1.807) is 26.2 Å². The van der Waals surface area contributed by atoms with E-state index in [1.807, 2.05) is 26.0 Å². The smallest absolute Gasteiger partial charge is 0.407 e. The highest BCUT2D eigenvalue weighted by atomic mass is 32.2. The standard InChI is InChI=1S/C32H43N5O4S/c1-20(2)33-31(38)41-26-13-9-21(14-26)27-17-30(37(35-27)32(3,4)5)34-24-11-8-23-19-42-36(28(23)15-24)18-22-10-12-25(39-6)16-29(22)40-7/h8,10-12,15-17,20-21,26,34H,9,13-14,18-19H2,1-7H3,(H,33,38). The van der Waals surface area contributed by atoms with Crippen LogP contribution in [0.25, 0.3) is 0 Å². The van der Waals surface area contributed by atoms with Gasteiger partial charge in [-0.3, -0.25) is 0 Å². The highest BCUT2D eigenvalue weighted by molar-refractivity contribution is 8.00. The zero-order valence-corrected chi connectivity index (χ0v) is 26.5. The Balaban J connectivity index is 1.33. The topological polar surface area (TPSA) is 89.9 Å². The highest BCUT2D eigenvalue weighted by Crippen LogP contribution is 2.43. The molecular formula is C32H43N5O4S. The number of nitrogens with one attached hydrogen (secondary N) is 2. The lowest BCUT2D eigenvalue weighted by molar-refractivity contribution is 0.0981. The van der Waals surface area contributed by atoms with Crippen molar-refractivity contribution in [1.29, 1.82) is 0 Å². The van der Waals surface area contributed by atoms with Crippen LogP contribution in [0.2, 0.25) is 0 Å². The number of carbonyl (C=O) groups excluding carboxylic acids is 1. The van der Waals surface area contributed by atoms with Crippen molar-refractivity contribution in [3.05, 3.63) is 59.3 Å². The largest absolute Gasteiger partial charge is 0.497 e. The van der Waals surface area contributed by atoms with E-state index >= 15 is 0 Å². The van der Waals surface area contributed by atoms with Gasteiger partial charge in [0.1, 0.15) is 23.4 Å². The molecule has 0 saturated heterocycles. The molecule has 2 aromatic carbocycles. The summed E-state index contributed by atoms with van der Waals surface area (Å²) in [5.41, 5.74) is 5.44. The van der Waals surface area contributed by atoms with E-state index in [-0.39, 0.29) is 29.7 Å². The Morgan fingerprint density at radius 3 is 2.62 bits per heavy atom. The van der Waals surface area contributed by atoms with Gasteiger partial charge in [0.25, 0.3) is 0 Å². The maximum Gasteiger partial charge on any atom is 0.407 e. The number of fused-ring (bicyclic) bond motifs is 1. The zero-order chi connectivity index (χ0) is 30.0. The van der Waals surface area contributed by atoms with Crippen LogP contribution in [0.5, 0.6) is 11.5 Å². The van der Waals surface area contributed by atoms with Crippen molar-refractivity contribution in [2.75, 3.05) is 23.8 Å². The van der Waals surface area contributed by atoms with E-state index in [2.05, 4.69) is 70.7 Å². The Morgan fingerprint density at radius 1 is 1.10 bits per heavy atom. The summed E-state index contributed by atoms with van der Waals surface area (Å²) in [6.45, 7) is 11.1. The molecule has 2 heterocycles. The van der Waals surface area contributed by atoms with Gasteiger partial charge >= 0.3 is 6.09 Å². The molecule has 2 atom stereocenters. The lowest BCUT2D eigenvalue weighted by Gasteiger charge is -2.23. The number of anilines is 3. The summed E-state index contributed by atoms with van der Waals surface area (Å²) < 4.78 is 21.1. The number of hydrogen-bond acceptors (Lipinski definition) is 8. The molecule has 10 heteroatoms. The molecule has 2 N–H and O–H groups in total. The summed E-state index contributed by atoms with van der Waals surface area (Å²) in [5.74, 6) is 3.73. The molecule has 0 radical (unpaired) electrons. The third-order valence-electron chi connectivity index (χ3n) is 7.66. The Hall–Kier alpha value is -3.53. The molecule has 3 aromatic rings. The van der Waals surface area contributed by atoms with Gasteiger partial charge in [-0.05, 0) is 95.7 Å². The second-order valence-electron chi connectivity index (χ2n) is 12.3. The van der Waals surface area contributed by atoms with Crippen LogP contribution in [-0.4, -0.2) is 42.2 Å². The van der Waals surface area contributed by atoms with Crippen molar-refractivity contribution in [1.82, 2.24) is 15.1 Å². The fourth-order valence-corrected chi connectivity index (χ4v) is 6.64. The second kappa shape index (κ2) is 12.4. The number of alkyl carbamates (subject to hydrolysis) is 1. The predicted octanol–water partition coefficient (Wildman–Crippen LogP) is 7.34. The van der Waals surface area contributed by atoms with E-state index in [4.69, 9.17) is 19.3 Å². The van der Waals surface area contributed by atoms with Crippen molar-refractivity contribution in [2.24, 2.45) is 0 Å². The summed E-state index contributed by atoms with van der Waals surface area (Å²) in [4.78, 5) is 12.1. The van der Waals surface area contributed by atoms with Crippen molar-refractivity contribution in [3.8, 4) is 11.5 Å². The van der Waals surface area contributed by atoms with Gasteiger partial charge in [-0.15, -0.1) is 0 Å². The lowest BCUT2D eigenvalue weighted by Crippen LogP contribution is -2.33. The summed E-state index contributed by atoms with van der Waals surface area (Å²) in [6, 6.07) is 14.8. The maximum atomic E-state index is 12.1. The molecule has 1 amide bonds. The van der Waals surface area contributed by atoms with E-state index in [0.29, 0.717) is 0 Å². The Labute approximate surface area is 253 Å². The molecule has 9 nitrogen and oxygen atoms in total. The van der Waals surface area contributed by atoms with Crippen LogP contribution in [0.15, 0.2) is 42.5 Å². The SMILES string of the molecule is COc1ccc(CN2SCc3ccc(Nc4cc(C5CCC(OC(=O)NC(C)C)C5)nn4C(C)(C)C)cc32)c(OC)c1. The first-order valence-corrected chi connectivity index (χ1v) is 15.6. The third kappa shape index (κ3) is 6.75. The number of aromatic nitrogens is 2. The first-order valence-electron chi connectivity index (χ1n) is 14.6. The van der Waals surface area contributed by atoms with Crippen LogP contribution < -0.4 is 24.4 Å². The summed E-state index contributed by atoms with van der Waals surface area (Å²) in [7, 11) is 3.36. The number of hydrogen-bond donors (Lipinski definition) is 2. The minimum atomic E-state index is -0.340. The van der Waals surface area contributed by atoms with Gasteiger partial charge in [0.2, 0.25) is 0 Å². The predicted molar refractivity (Wildman–Crippen MR) is 169 cm³/mol. The molecule has 0 spiro atoms. The summed E-state index contributed by atoms with van der Waals surface area (Å²) in [5, 5.41) is 11.5. The average Bonchev–Trinajstić information content (AvgIpc) is 3.67. The number of rotatable bonds is 9.